The zero-order chi connectivity index (χ0) is 22.1. The Morgan fingerprint density at radius 3 is 2.75 bits per heavy atom. The number of aromatic amines is 1. The summed E-state index contributed by atoms with van der Waals surface area (Å²) in [4.78, 5) is 38.8. The minimum atomic E-state index is -0.333. The van der Waals surface area contributed by atoms with Gasteiger partial charge in [-0.05, 0) is 55.7 Å². The van der Waals surface area contributed by atoms with Crippen molar-refractivity contribution in [3.05, 3.63) is 75.5 Å². The summed E-state index contributed by atoms with van der Waals surface area (Å²) in [6, 6.07) is 14.4. The maximum absolute atomic E-state index is 12.9. The molecule has 0 aliphatic heterocycles. The van der Waals surface area contributed by atoms with Gasteiger partial charge in [0, 0.05) is 15.5 Å². The Morgan fingerprint density at radius 1 is 1.12 bits per heavy atom. The molecule has 0 radical (unpaired) electrons. The molecule has 7 nitrogen and oxygen atoms in total. The molecule has 9 heteroatoms. The number of aryl methyl sites for hydroxylation is 1. The molecule has 1 unspecified atom stereocenters. The third-order valence-corrected chi connectivity index (χ3v) is 6.76. The Kier molecular flexibility index (Phi) is 5.63. The standard InChI is InChI=1S/C23H20ClN5O2S/c24-14-10-8-13(9-11-14)21(30)29-23-28-20-15(4-3-7-18(20)32-23)22(31)25-12-19-26-16-5-1-2-6-17(16)27-19/h1-2,5-6,8-11,15H,3-4,7,12H2,(H,25,31)(H,26,27)(H,28,29,30). The number of halogens is 1. The van der Waals surface area contributed by atoms with Gasteiger partial charge in [-0.15, -0.1) is 11.3 Å². The van der Waals surface area contributed by atoms with Crippen molar-refractivity contribution >= 4 is 50.9 Å². The number of hydrogen-bond donors (Lipinski definition) is 3. The van der Waals surface area contributed by atoms with Crippen molar-refractivity contribution in [2.45, 2.75) is 31.7 Å². The van der Waals surface area contributed by atoms with Crippen molar-refractivity contribution < 1.29 is 9.59 Å². The fourth-order valence-electron chi connectivity index (χ4n) is 3.88. The zero-order valence-corrected chi connectivity index (χ0v) is 18.6. The number of carbonyl (C=O) groups is 2. The zero-order valence-electron chi connectivity index (χ0n) is 17.0. The van der Waals surface area contributed by atoms with Crippen molar-refractivity contribution in [2.75, 3.05) is 5.32 Å². The van der Waals surface area contributed by atoms with Crippen LogP contribution in [-0.4, -0.2) is 26.8 Å². The highest BCUT2D eigenvalue weighted by Gasteiger charge is 2.30. The number of amides is 2. The Hall–Kier alpha value is -3.23. The van der Waals surface area contributed by atoms with E-state index in [1.807, 2.05) is 24.3 Å². The number of hydrogen-bond acceptors (Lipinski definition) is 5. The Morgan fingerprint density at radius 2 is 1.94 bits per heavy atom. The van der Waals surface area contributed by atoms with E-state index in [0.717, 1.165) is 40.9 Å². The van der Waals surface area contributed by atoms with Crippen molar-refractivity contribution in [2.24, 2.45) is 0 Å². The lowest BCUT2D eigenvalue weighted by Gasteiger charge is -2.20. The van der Waals surface area contributed by atoms with Crippen molar-refractivity contribution in [1.82, 2.24) is 20.3 Å². The number of para-hydroxylation sites is 2. The number of nitrogens with zero attached hydrogens (tertiary/aromatic N) is 2. The van der Waals surface area contributed by atoms with E-state index in [2.05, 4.69) is 25.6 Å². The Labute approximate surface area is 193 Å². The molecule has 0 saturated carbocycles. The molecule has 32 heavy (non-hydrogen) atoms. The molecule has 2 heterocycles. The van der Waals surface area contributed by atoms with Gasteiger partial charge in [0.15, 0.2) is 5.13 Å². The second-order valence-corrected chi connectivity index (χ2v) is 9.17. The van der Waals surface area contributed by atoms with Gasteiger partial charge in [-0.1, -0.05) is 23.7 Å². The number of anilines is 1. The number of fused-ring (bicyclic) bond motifs is 2. The second-order valence-electron chi connectivity index (χ2n) is 7.65. The van der Waals surface area contributed by atoms with Crippen LogP contribution in [0.25, 0.3) is 11.0 Å². The summed E-state index contributed by atoms with van der Waals surface area (Å²) in [5.41, 5.74) is 3.08. The van der Waals surface area contributed by atoms with Crippen LogP contribution in [0.5, 0.6) is 0 Å². The van der Waals surface area contributed by atoms with Crippen molar-refractivity contribution in [3.63, 3.8) is 0 Å². The maximum atomic E-state index is 12.9. The van der Waals surface area contributed by atoms with E-state index in [0.29, 0.717) is 28.1 Å². The smallest absolute Gasteiger partial charge is 0.257 e. The van der Waals surface area contributed by atoms with Crippen molar-refractivity contribution in [3.8, 4) is 0 Å². The van der Waals surface area contributed by atoms with Crippen LogP contribution in [0.15, 0.2) is 48.5 Å². The molecule has 1 aliphatic carbocycles. The molecule has 2 aromatic carbocycles. The van der Waals surface area contributed by atoms with Gasteiger partial charge in [-0.3, -0.25) is 14.9 Å². The number of H-pyrrole nitrogens is 1. The number of imidazole rings is 1. The predicted octanol–water partition coefficient (Wildman–Crippen LogP) is 4.66. The molecule has 4 aromatic rings. The van der Waals surface area contributed by atoms with Crippen LogP contribution in [0.1, 0.15) is 45.5 Å². The number of thiazole rings is 1. The molecular formula is C23H20ClN5O2S. The summed E-state index contributed by atoms with van der Waals surface area (Å²) >= 11 is 7.32. The molecule has 2 aromatic heterocycles. The van der Waals surface area contributed by atoms with Crippen LogP contribution < -0.4 is 10.6 Å². The predicted molar refractivity (Wildman–Crippen MR) is 125 cm³/mol. The molecule has 0 fully saturated rings. The van der Waals surface area contributed by atoms with E-state index in [4.69, 9.17) is 11.6 Å². The maximum Gasteiger partial charge on any atom is 0.257 e. The van der Waals surface area contributed by atoms with E-state index >= 15 is 0 Å². The van der Waals surface area contributed by atoms with Crippen LogP contribution >= 0.6 is 22.9 Å². The summed E-state index contributed by atoms with van der Waals surface area (Å²) in [6.07, 6.45) is 2.49. The van der Waals surface area contributed by atoms with Gasteiger partial charge in [0.2, 0.25) is 5.91 Å². The molecule has 162 valence electrons. The third kappa shape index (κ3) is 4.24. The minimum Gasteiger partial charge on any atom is -0.348 e. The fraction of sp³-hybridized carbons (Fsp3) is 0.217. The summed E-state index contributed by atoms with van der Waals surface area (Å²) in [5.74, 6) is 0.0521. The molecule has 2 amide bonds. The van der Waals surface area contributed by atoms with Crippen LogP contribution in [0.3, 0.4) is 0 Å². The molecule has 0 spiro atoms. The lowest BCUT2D eigenvalue weighted by atomic mass is 9.90. The SMILES string of the molecule is O=C(Nc1nc2c(s1)CCCC2C(=O)NCc1nc2ccccc2[nH]1)c1ccc(Cl)cc1. The lowest BCUT2D eigenvalue weighted by molar-refractivity contribution is -0.123. The second kappa shape index (κ2) is 8.72. The van der Waals surface area contributed by atoms with E-state index in [-0.39, 0.29) is 17.7 Å². The number of benzene rings is 2. The van der Waals surface area contributed by atoms with E-state index < -0.39 is 0 Å². The van der Waals surface area contributed by atoms with E-state index in [9.17, 15) is 9.59 Å². The first-order chi connectivity index (χ1) is 15.6. The average molecular weight is 466 g/mol. The highest BCUT2D eigenvalue weighted by molar-refractivity contribution is 7.16. The molecule has 5 rings (SSSR count). The number of rotatable bonds is 5. The Bertz CT molecular complexity index is 1260. The van der Waals surface area contributed by atoms with Gasteiger partial charge in [-0.2, -0.15) is 0 Å². The summed E-state index contributed by atoms with van der Waals surface area (Å²) in [5, 5.41) is 6.91. The molecule has 0 saturated heterocycles. The molecular weight excluding hydrogens is 446 g/mol. The van der Waals surface area contributed by atoms with Crippen LogP contribution in [0.4, 0.5) is 5.13 Å². The molecule has 3 N–H and O–H groups in total. The fourth-order valence-corrected chi connectivity index (χ4v) is 5.07. The van der Waals surface area contributed by atoms with Gasteiger partial charge < -0.3 is 10.3 Å². The summed E-state index contributed by atoms with van der Waals surface area (Å²) in [7, 11) is 0. The van der Waals surface area contributed by atoms with Gasteiger partial charge >= 0.3 is 0 Å². The monoisotopic (exact) mass is 465 g/mol. The largest absolute Gasteiger partial charge is 0.348 e. The highest BCUT2D eigenvalue weighted by atomic mass is 35.5. The van der Waals surface area contributed by atoms with Gasteiger partial charge in [-0.25, -0.2) is 9.97 Å². The first-order valence-corrected chi connectivity index (χ1v) is 11.5. The summed E-state index contributed by atoms with van der Waals surface area (Å²) < 4.78 is 0. The third-order valence-electron chi connectivity index (χ3n) is 5.47. The van der Waals surface area contributed by atoms with Gasteiger partial charge in [0.1, 0.15) is 5.82 Å². The average Bonchev–Trinajstić information content (AvgIpc) is 3.40. The van der Waals surface area contributed by atoms with Crippen LogP contribution in [0, 0.1) is 0 Å². The Balaban J connectivity index is 1.27. The van der Waals surface area contributed by atoms with Gasteiger partial charge in [0.05, 0.1) is 29.2 Å². The van der Waals surface area contributed by atoms with Crippen molar-refractivity contribution in [1.29, 1.82) is 0 Å². The normalized spacial score (nSPS) is 15.3. The number of nitrogens with one attached hydrogen (secondary N) is 3. The van der Waals surface area contributed by atoms with Crippen LogP contribution in [0.2, 0.25) is 5.02 Å². The number of carbonyl (C=O) groups excluding carboxylic acids is 2. The lowest BCUT2D eigenvalue weighted by Crippen LogP contribution is -2.31. The molecule has 0 bridgehead atoms. The first kappa shape index (κ1) is 20.7. The molecule has 1 aliphatic rings. The minimum absolute atomic E-state index is 0.0766. The topological polar surface area (TPSA) is 99.8 Å². The van der Waals surface area contributed by atoms with E-state index in [1.54, 1.807) is 24.3 Å². The summed E-state index contributed by atoms with van der Waals surface area (Å²) in [6.45, 7) is 0.323. The van der Waals surface area contributed by atoms with E-state index in [1.165, 1.54) is 11.3 Å². The highest BCUT2D eigenvalue weighted by Crippen LogP contribution is 2.37. The first-order valence-electron chi connectivity index (χ1n) is 10.3. The quantitative estimate of drug-likeness (QED) is 0.399. The van der Waals surface area contributed by atoms with Crippen LogP contribution in [-0.2, 0) is 17.8 Å². The van der Waals surface area contributed by atoms with Gasteiger partial charge in [0.25, 0.3) is 5.91 Å². The number of aromatic nitrogens is 3. The molecule has 1 atom stereocenters.